The second kappa shape index (κ2) is 8.78. The van der Waals surface area contributed by atoms with Gasteiger partial charge in [0.2, 0.25) is 0 Å². The monoisotopic (exact) mass is 366 g/mol. The SMILES string of the molecule is CC(=O)O[C@H]1CCCC2C(CCC(=O)CCCC(=O)O)C(=O)CC[C@@]21C. The maximum Gasteiger partial charge on any atom is 0.303 e. The molecule has 4 atom stereocenters. The van der Waals surface area contributed by atoms with Gasteiger partial charge in [-0.1, -0.05) is 6.92 Å². The number of rotatable bonds is 8. The van der Waals surface area contributed by atoms with Crippen molar-refractivity contribution in [2.75, 3.05) is 0 Å². The van der Waals surface area contributed by atoms with Crippen LogP contribution in [0.15, 0.2) is 0 Å². The molecule has 0 aromatic rings. The summed E-state index contributed by atoms with van der Waals surface area (Å²) in [5.74, 6) is -0.939. The van der Waals surface area contributed by atoms with Crippen molar-refractivity contribution in [3.63, 3.8) is 0 Å². The third kappa shape index (κ3) is 4.92. The summed E-state index contributed by atoms with van der Waals surface area (Å²) in [5, 5.41) is 8.65. The van der Waals surface area contributed by atoms with Crippen molar-refractivity contribution in [2.24, 2.45) is 17.3 Å². The van der Waals surface area contributed by atoms with Crippen LogP contribution in [-0.4, -0.2) is 34.7 Å². The minimum Gasteiger partial charge on any atom is -0.481 e. The van der Waals surface area contributed by atoms with Gasteiger partial charge in [-0.05, 0) is 44.4 Å². The highest BCUT2D eigenvalue weighted by atomic mass is 16.5. The van der Waals surface area contributed by atoms with Crippen LogP contribution in [0.4, 0.5) is 0 Å². The number of aliphatic carboxylic acids is 1. The van der Waals surface area contributed by atoms with E-state index in [1.165, 1.54) is 6.92 Å². The largest absolute Gasteiger partial charge is 0.481 e. The first-order valence-electron chi connectivity index (χ1n) is 9.67. The molecular formula is C20H30O6. The summed E-state index contributed by atoms with van der Waals surface area (Å²) in [6.07, 6.45) is 5.19. The molecule has 0 aliphatic heterocycles. The van der Waals surface area contributed by atoms with E-state index in [1.54, 1.807) is 0 Å². The number of carbonyl (C=O) groups is 4. The van der Waals surface area contributed by atoms with Crippen molar-refractivity contribution < 1.29 is 29.0 Å². The van der Waals surface area contributed by atoms with Gasteiger partial charge in [-0.15, -0.1) is 0 Å². The lowest BCUT2D eigenvalue weighted by molar-refractivity contribution is -0.169. The van der Waals surface area contributed by atoms with Crippen molar-refractivity contribution >= 4 is 23.5 Å². The number of hydrogen-bond acceptors (Lipinski definition) is 5. The maximum absolute atomic E-state index is 12.5. The number of esters is 1. The highest BCUT2D eigenvalue weighted by molar-refractivity contribution is 5.84. The predicted molar refractivity (Wildman–Crippen MR) is 94.5 cm³/mol. The van der Waals surface area contributed by atoms with Gasteiger partial charge < -0.3 is 9.84 Å². The first kappa shape index (κ1) is 20.6. The van der Waals surface area contributed by atoms with Gasteiger partial charge in [-0.3, -0.25) is 19.2 Å². The van der Waals surface area contributed by atoms with E-state index in [0.29, 0.717) is 25.7 Å². The van der Waals surface area contributed by atoms with E-state index in [0.717, 1.165) is 25.7 Å². The van der Waals surface area contributed by atoms with E-state index in [1.807, 2.05) is 0 Å². The van der Waals surface area contributed by atoms with Crippen LogP contribution in [0, 0.1) is 17.3 Å². The molecule has 0 radical (unpaired) electrons. The fourth-order valence-corrected chi connectivity index (χ4v) is 4.87. The number of ketones is 2. The summed E-state index contributed by atoms with van der Waals surface area (Å²) < 4.78 is 5.58. The standard InChI is InChI=1S/C20H30O6/c1-13(21)26-18-7-4-6-16-15(17(23)11-12-20(16,18)2)10-9-14(22)5-3-8-19(24)25/h15-16,18H,3-12H2,1-2H3,(H,24,25)/t15?,16?,18-,20-/m0/s1. The minimum absolute atomic E-state index is 0.00113. The quantitative estimate of drug-likeness (QED) is 0.662. The van der Waals surface area contributed by atoms with Crippen LogP contribution in [-0.2, 0) is 23.9 Å². The second-order valence-corrected chi connectivity index (χ2v) is 8.04. The highest BCUT2D eigenvalue weighted by Crippen LogP contribution is 2.53. The van der Waals surface area contributed by atoms with Crippen LogP contribution in [0.2, 0.25) is 0 Å². The van der Waals surface area contributed by atoms with E-state index < -0.39 is 5.97 Å². The number of carbonyl (C=O) groups excluding carboxylic acids is 3. The molecule has 0 aromatic heterocycles. The van der Waals surface area contributed by atoms with Crippen molar-refractivity contribution in [1.82, 2.24) is 0 Å². The predicted octanol–water partition coefficient (Wildman–Crippen LogP) is 3.31. The Bertz CT molecular complexity index is 569. The molecule has 2 unspecified atom stereocenters. The Hall–Kier alpha value is -1.72. The van der Waals surface area contributed by atoms with Gasteiger partial charge in [-0.2, -0.15) is 0 Å². The molecule has 2 fully saturated rings. The average molecular weight is 366 g/mol. The molecule has 0 aromatic carbocycles. The molecule has 6 heteroatoms. The lowest BCUT2D eigenvalue weighted by Crippen LogP contribution is -2.52. The lowest BCUT2D eigenvalue weighted by atomic mass is 9.54. The van der Waals surface area contributed by atoms with E-state index >= 15 is 0 Å². The van der Waals surface area contributed by atoms with E-state index in [4.69, 9.17) is 9.84 Å². The Balaban J connectivity index is 1.98. The fraction of sp³-hybridized carbons (Fsp3) is 0.800. The van der Waals surface area contributed by atoms with Crippen molar-refractivity contribution in [2.45, 2.75) is 84.2 Å². The first-order chi connectivity index (χ1) is 12.2. The number of ether oxygens (including phenoxy) is 1. The third-order valence-electron chi connectivity index (χ3n) is 6.26. The highest BCUT2D eigenvalue weighted by Gasteiger charge is 2.52. The smallest absolute Gasteiger partial charge is 0.303 e. The summed E-state index contributed by atoms with van der Waals surface area (Å²) in [6.45, 7) is 3.55. The van der Waals surface area contributed by atoms with E-state index in [2.05, 4.69) is 6.92 Å². The van der Waals surface area contributed by atoms with Gasteiger partial charge in [-0.25, -0.2) is 0 Å². The van der Waals surface area contributed by atoms with Gasteiger partial charge in [0.05, 0.1) is 0 Å². The molecule has 0 heterocycles. The lowest BCUT2D eigenvalue weighted by Gasteiger charge is -2.52. The van der Waals surface area contributed by atoms with Gasteiger partial charge >= 0.3 is 11.9 Å². The molecule has 26 heavy (non-hydrogen) atoms. The Morgan fingerprint density at radius 1 is 1.19 bits per heavy atom. The minimum atomic E-state index is -0.894. The van der Waals surface area contributed by atoms with Crippen LogP contribution in [0.1, 0.15) is 78.1 Å². The zero-order valence-corrected chi connectivity index (χ0v) is 15.8. The molecule has 6 nitrogen and oxygen atoms in total. The number of carboxylic acids is 1. The molecule has 0 spiro atoms. The molecule has 1 N–H and O–H groups in total. The Morgan fingerprint density at radius 2 is 1.92 bits per heavy atom. The van der Waals surface area contributed by atoms with Crippen LogP contribution in [0.3, 0.4) is 0 Å². The molecule has 2 aliphatic rings. The van der Waals surface area contributed by atoms with Crippen LogP contribution in [0.25, 0.3) is 0 Å². The van der Waals surface area contributed by atoms with Gasteiger partial charge in [0.1, 0.15) is 17.7 Å². The van der Waals surface area contributed by atoms with E-state index in [-0.39, 0.29) is 53.7 Å². The van der Waals surface area contributed by atoms with Crippen molar-refractivity contribution in [1.29, 1.82) is 0 Å². The molecule has 2 rings (SSSR count). The molecule has 0 amide bonds. The topological polar surface area (TPSA) is 97.7 Å². The van der Waals surface area contributed by atoms with Crippen LogP contribution >= 0.6 is 0 Å². The average Bonchev–Trinajstić information content (AvgIpc) is 2.55. The Labute approximate surface area is 154 Å². The van der Waals surface area contributed by atoms with Crippen molar-refractivity contribution in [3.05, 3.63) is 0 Å². The molecule has 2 saturated carbocycles. The summed E-state index contributed by atoms with van der Waals surface area (Å²) in [6, 6.07) is 0. The summed E-state index contributed by atoms with van der Waals surface area (Å²) >= 11 is 0. The van der Waals surface area contributed by atoms with Gasteiger partial charge in [0, 0.05) is 43.9 Å². The maximum atomic E-state index is 12.5. The molecule has 146 valence electrons. The third-order valence-corrected chi connectivity index (χ3v) is 6.26. The normalized spacial score (nSPS) is 31.2. The fourth-order valence-electron chi connectivity index (χ4n) is 4.87. The van der Waals surface area contributed by atoms with Crippen molar-refractivity contribution in [3.8, 4) is 0 Å². The molecular weight excluding hydrogens is 336 g/mol. The van der Waals surface area contributed by atoms with Gasteiger partial charge in [0.15, 0.2) is 0 Å². The van der Waals surface area contributed by atoms with E-state index in [9.17, 15) is 19.2 Å². The number of hydrogen-bond donors (Lipinski definition) is 1. The summed E-state index contributed by atoms with van der Waals surface area (Å²) in [7, 11) is 0. The molecule has 0 saturated heterocycles. The summed E-state index contributed by atoms with van der Waals surface area (Å²) in [5.41, 5.74) is -0.200. The Kier molecular flexibility index (Phi) is 6.95. The molecule has 0 bridgehead atoms. The second-order valence-electron chi connectivity index (χ2n) is 8.04. The number of Topliss-reactive ketones (excluding diaryl/α,β-unsaturated/α-hetero) is 2. The summed E-state index contributed by atoms with van der Waals surface area (Å²) in [4.78, 5) is 46.6. The first-order valence-corrected chi connectivity index (χ1v) is 9.67. The van der Waals surface area contributed by atoms with Gasteiger partial charge in [0.25, 0.3) is 0 Å². The number of fused-ring (bicyclic) bond motifs is 1. The number of carboxylic acid groups (broad SMARTS) is 1. The Morgan fingerprint density at radius 3 is 2.58 bits per heavy atom. The zero-order chi connectivity index (χ0) is 19.3. The van der Waals surface area contributed by atoms with Crippen LogP contribution < -0.4 is 0 Å². The molecule has 2 aliphatic carbocycles. The van der Waals surface area contributed by atoms with Crippen LogP contribution in [0.5, 0.6) is 0 Å². The zero-order valence-electron chi connectivity index (χ0n) is 15.8.